The summed E-state index contributed by atoms with van der Waals surface area (Å²) in [4.78, 5) is 27.1. The molecule has 1 aliphatic heterocycles. The summed E-state index contributed by atoms with van der Waals surface area (Å²) in [5, 5.41) is 17.0. The van der Waals surface area contributed by atoms with Crippen LogP contribution >= 0.6 is 23.2 Å². The number of carbonyl (C=O) groups excluding carboxylic acids is 1. The number of imidazole rings is 1. The van der Waals surface area contributed by atoms with Crippen molar-refractivity contribution in [3.8, 4) is 0 Å². The third-order valence-corrected chi connectivity index (χ3v) is 8.42. The summed E-state index contributed by atoms with van der Waals surface area (Å²) in [5.74, 6) is 0.361. The Morgan fingerprint density at radius 1 is 1.33 bits per heavy atom. The molecule has 1 amide bonds. The number of fused-ring (bicyclic) bond motifs is 2. The standard InChI is InChI=1S/C25H27Cl2N7O4S/c1-39(37,38)8-6-20(24-30-19-5-4-14(26)9-21(19)32-24)31-23-17-10-18(27)16(11-22(17)34(36)13-29-23)25(35)33-7-2-3-15(33)12-28/h4-5,9-11,13,15,20H,2-3,6-8,12,28H2,1H3,(H,29,31)(H,30,32)/t15?,20-/m0/s1. The fourth-order valence-corrected chi connectivity index (χ4v) is 5.97. The van der Waals surface area contributed by atoms with Gasteiger partial charge in [-0.05, 0) is 48.5 Å². The van der Waals surface area contributed by atoms with Crippen molar-refractivity contribution >= 4 is 66.7 Å². The number of rotatable bonds is 8. The number of hydrogen-bond acceptors (Lipinski definition) is 8. The van der Waals surface area contributed by atoms with Gasteiger partial charge in [0.2, 0.25) is 0 Å². The van der Waals surface area contributed by atoms with Crippen LogP contribution in [-0.4, -0.2) is 65.3 Å². The van der Waals surface area contributed by atoms with Crippen molar-refractivity contribution in [3.05, 3.63) is 63.3 Å². The van der Waals surface area contributed by atoms with Crippen molar-refractivity contribution in [1.29, 1.82) is 0 Å². The number of H-pyrrole nitrogens is 1. The SMILES string of the molecule is CS(=O)(=O)CC[C@H](Nc1nc[n+]([O-])c2cc(C(=O)N3CCCC3CN)c(Cl)cc12)c1nc2cc(Cl)ccc2[nH]1. The van der Waals surface area contributed by atoms with Crippen LogP contribution in [0.15, 0.2) is 36.7 Å². The van der Waals surface area contributed by atoms with Crippen LogP contribution in [0.3, 0.4) is 0 Å². The Morgan fingerprint density at radius 3 is 2.87 bits per heavy atom. The van der Waals surface area contributed by atoms with Crippen LogP contribution in [0.4, 0.5) is 5.82 Å². The largest absolute Gasteiger partial charge is 0.710 e. The van der Waals surface area contributed by atoms with E-state index in [9.17, 15) is 18.4 Å². The van der Waals surface area contributed by atoms with E-state index >= 15 is 0 Å². The molecule has 0 saturated carbocycles. The van der Waals surface area contributed by atoms with Crippen LogP contribution in [0.5, 0.6) is 0 Å². The predicted molar refractivity (Wildman–Crippen MR) is 151 cm³/mol. The van der Waals surface area contributed by atoms with Crippen molar-refractivity contribution in [1.82, 2.24) is 19.9 Å². The number of halogens is 2. The normalized spacial score (nSPS) is 16.7. The van der Waals surface area contributed by atoms with Crippen LogP contribution in [0.1, 0.15) is 41.5 Å². The van der Waals surface area contributed by atoms with Gasteiger partial charge in [-0.3, -0.25) is 4.79 Å². The number of nitrogens with one attached hydrogen (secondary N) is 2. The van der Waals surface area contributed by atoms with Gasteiger partial charge in [0, 0.05) is 36.5 Å². The summed E-state index contributed by atoms with van der Waals surface area (Å²) in [6, 6.07) is 7.50. The van der Waals surface area contributed by atoms with Crippen molar-refractivity contribution in [3.63, 3.8) is 0 Å². The minimum absolute atomic E-state index is 0.0763. The first kappa shape index (κ1) is 27.4. The number of aromatic amines is 1. The van der Waals surface area contributed by atoms with Gasteiger partial charge in [-0.25, -0.2) is 18.1 Å². The molecule has 4 aromatic rings. The summed E-state index contributed by atoms with van der Waals surface area (Å²) < 4.78 is 24.6. The molecule has 11 nitrogen and oxygen atoms in total. The number of aromatic nitrogens is 4. The lowest BCUT2D eigenvalue weighted by Crippen LogP contribution is -2.40. The maximum absolute atomic E-state index is 13.3. The minimum atomic E-state index is -3.29. The summed E-state index contributed by atoms with van der Waals surface area (Å²) >= 11 is 12.7. The molecular formula is C25H27Cl2N7O4S. The molecule has 0 spiro atoms. The number of likely N-dealkylation sites (tertiary alicyclic amines) is 1. The van der Waals surface area contributed by atoms with Gasteiger partial charge in [-0.15, -0.1) is 0 Å². The molecule has 3 heterocycles. The Bertz CT molecular complexity index is 1680. The van der Waals surface area contributed by atoms with Gasteiger partial charge in [0.1, 0.15) is 21.2 Å². The molecule has 1 saturated heterocycles. The van der Waals surface area contributed by atoms with Gasteiger partial charge < -0.3 is 26.1 Å². The van der Waals surface area contributed by atoms with Crippen LogP contribution in [0.2, 0.25) is 10.0 Å². The van der Waals surface area contributed by atoms with Gasteiger partial charge in [-0.1, -0.05) is 23.2 Å². The van der Waals surface area contributed by atoms with E-state index in [1.807, 2.05) is 0 Å². The highest BCUT2D eigenvalue weighted by molar-refractivity contribution is 7.90. The van der Waals surface area contributed by atoms with Crippen LogP contribution in [0.25, 0.3) is 21.9 Å². The number of sulfone groups is 1. The van der Waals surface area contributed by atoms with E-state index < -0.39 is 15.9 Å². The highest BCUT2D eigenvalue weighted by Gasteiger charge is 2.31. The first-order chi connectivity index (χ1) is 18.5. The predicted octanol–water partition coefficient (Wildman–Crippen LogP) is 3.20. The van der Waals surface area contributed by atoms with E-state index in [1.165, 1.54) is 12.1 Å². The zero-order valence-corrected chi connectivity index (χ0v) is 23.4. The molecule has 4 N–H and O–H groups in total. The van der Waals surface area contributed by atoms with E-state index in [0.29, 0.717) is 39.6 Å². The molecule has 14 heteroatoms. The Morgan fingerprint density at radius 2 is 2.13 bits per heavy atom. The number of nitrogens with two attached hydrogens (primary N) is 1. The van der Waals surface area contributed by atoms with E-state index in [4.69, 9.17) is 28.9 Å². The second-order valence-electron chi connectivity index (χ2n) is 9.70. The molecule has 0 aliphatic carbocycles. The number of carbonyl (C=O) groups is 1. The number of nitrogens with zero attached hydrogens (tertiary/aromatic N) is 4. The Balaban J connectivity index is 1.54. The number of benzene rings is 2. The Labute approximate surface area is 234 Å². The molecular weight excluding hydrogens is 565 g/mol. The molecule has 0 bridgehead atoms. The topological polar surface area (TPSA) is 161 Å². The lowest BCUT2D eigenvalue weighted by molar-refractivity contribution is -0.580. The third-order valence-electron chi connectivity index (χ3n) is 6.89. The van der Waals surface area contributed by atoms with E-state index in [-0.39, 0.29) is 46.0 Å². The van der Waals surface area contributed by atoms with E-state index in [0.717, 1.165) is 30.9 Å². The molecule has 5 rings (SSSR count). The first-order valence-electron chi connectivity index (χ1n) is 12.4. The molecule has 1 aliphatic rings. The smallest absolute Gasteiger partial charge is 0.292 e. The van der Waals surface area contributed by atoms with E-state index in [1.54, 1.807) is 23.1 Å². The van der Waals surface area contributed by atoms with Crippen molar-refractivity contribution < 1.29 is 17.9 Å². The quantitative estimate of drug-likeness (QED) is 0.208. The second kappa shape index (κ2) is 10.8. The molecule has 0 radical (unpaired) electrons. The fourth-order valence-electron chi connectivity index (χ4n) is 4.90. The van der Waals surface area contributed by atoms with Crippen LogP contribution < -0.4 is 15.8 Å². The summed E-state index contributed by atoms with van der Waals surface area (Å²) in [6.45, 7) is 0.916. The summed E-state index contributed by atoms with van der Waals surface area (Å²) in [5.41, 5.74) is 7.58. The average molecular weight is 593 g/mol. The summed E-state index contributed by atoms with van der Waals surface area (Å²) in [7, 11) is -3.29. The molecule has 1 fully saturated rings. The van der Waals surface area contributed by atoms with Gasteiger partial charge in [0.05, 0.1) is 38.8 Å². The monoisotopic (exact) mass is 591 g/mol. The molecule has 206 valence electrons. The molecule has 2 aromatic carbocycles. The van der Waals surface area contributed by atoms with Gasteiger partial charge >= 0.3 is 0 Å². The molecule has 2 aromatic heterocycles. The van der Waals surface area contributed by atoms with Crippen LogP contribution in [0, 0.1) is 5.21 Å². The lowest BCUT2D eigenvalue weighted by Gasteiger charge is -2.24. The maximum atomic E-state index is 13.3. The van der Waals surface area contributed by atoms with Crippen molar-refractivity contribution in [2.45, 2.75) is 31.3 Å². The minimum Gasteiger partial charge on any atom is -0.710 e. The van der Waals surface area contributed by atoms with Crippen LogP contribution in [-0.2, 0) is 9.84 Å². The van der Waals surface area contributed by atoms with Gasteiger partial charge in [0.25, 0.3) is 18.1 Å². The first-order valence-corrected chi connectivity index (χ1v) is 15.2. The zero-order chi connectivity index (χ0) is 27.9. The summed E-state index contributed by atoms with van der Waals surface area (Å²) in [6.07, 6.45) is 4.07. The Hall–Kier alpha value is -3.19. The van der Waals surface area contributed by atoms with Crippen molar-refractivity contribution in [2.75, 3.05) is 30.4 Å². The zero-order valence-electron chi connectivity index (χ0n) is 21.0. The number of amides is 1. The van der Waals surface area contributed by atoms with Gasteiger partial charge in [0.15, 0.2) is 0 Å². The molecule has 39 heavy (non-hydrogen) atoms. The second-order valence-corrected chi connectivity index (χ2v) is 12.8. The molecule has 1 unspecified atom stereocenters. The van der Waals surface area contributed by atoms with Gasteiger partial charge in [-0.2, -0.15) is 0 Å². The maximum Gasteiger partial charge on any atom is 0.292 e. The number of hydrogen-bond donors (Lipinski definition) is 3. The lowest BCUT2D eigenvalue weighted by atomic mass is 10.1. The highest BCUT2D eigenvalue weighted by atomic mass is 35.5. The third kappa shape index (κ3) is 5.74. The fraction of sp³-hybridized carbons (Fsp3) is 0.360. The molecule has 2 atom stereocenters. The average Bonchev–Trinajstić information content (AvgIpc) is 3.53. The number of anilines is 1. The highest BCUT2D eigenvalue weighted by Crippen LogP contribution is 2.32. The van der Waals surface area contributed by atoms with Crippen molar-refractivity contribution in [2.24, 2.45) is 5.73 Å². The van der Waals surface area contributed by atoms with E-state index in [2.05, 4.69) is 20.3 Å². The Kier molecular flexibility index (Phi) is 7.55.